The number of benzene rings is 1. The summed E-state index contributed by atoms with van der Waals surface area (Å²) in [6.07, 6.45) is 5.18. The maximum absolute atomic E-state index is 6.06. The molecule has 1 aromatic carbocycles. The maximum atomic E-state index is 6.06. The van der Waals surface area contributed by atoms with E-state index < -0.39 is 0 Å². The van der Waals surface area contributed by atoms with Crippen LogP contribution in [0.1, 0.15) is 37.3 Å². The van der Waals surface area contributed by atoms with Crippen molar-refractivity contribution in [2.24, 2.45) is 5.92 Å². The summed E-state index contributed by atoms with van der Waals surface area (Å²) in [4.78, 5) is 0. The molecule has 2 rings (SSSR count). The molecular formula is C16H25NO. The summed E-state index contributed by atoms with van der Waals surface area (Å²) < 4.78 is 6.06. The van der Waals surface area contributed by atoms with E-state index in [4.69, 9.17) is 4.74 Å². The molecule has 2 nitrogen and oxygen atoms in total. The number of fused-ring (bicyclic) bond motifs is 1. The highest BCUT2D eigenvalue weighted by molar-refractivity contribution is 5.40. The molecule has 100 valence electrons. The molecule has 0 spiro atoms. The van der Waals surface area contributed by atoms with Crippen molar-refractivity contribution in [3.05, 3.63) is 29.3 Å². The van der Waals surface area contributed by atoms with E-state index in [-0.39, 0.29) is 0 Å². The summed E-state index contributed by atoms with van der Waals surface area (Å²) in [5, 5.41) is 3.30. The molecule has 2 atom stereocenters. The Kier molecular flexibility index (Phi) is 4.65. The molecule has 0 saturated heterocycles. The summed E-state index contributed by atoms with van der Waals surface area (Å²) in [5.74, 6) is 1.84. The minimum absolute atomic E-state index is 0.381. The van der Waals surface area contributed by atoms with Gasteiger partial charge in [-0.3, -0.25) is 0 Å². The maximum Gasteiger partial charge on any atom is 0.123 e. The van der Waals surface area contributed by atoms with E-state index in [9.17, 15) is 0 Å². The first-order valence-corrected chi connectivity index (χ1v) is 7.13. The lowest BCUT2D eigenvalue weighted by atomic mass is 9.94. The van der Waals surface area contributed by atoms with Crippen molar-refractivity contribution in [3.8, 4) is 5.75 Å². The number of rotatable bonds is 6. The Hall–Kier alpha value is -1.02. The zero-order valence-corrected chi connectivity index (χ0v) is 11.8. The molecule has 0 fully saturated rings. The third kappa shape index (κ3) is 3.26. The van der Waals surface area contributed by atoms with E-state index in [0.29, 0.717) is 6.10 Å². The van der Waals surface area contributed by atoms with Crippen LogP contribution in [0, 0.1) is 12.8 Å². The van der Waals surface area contributed by atoms with E-state index in [1.54, 1.807) is 0 Å². The number of ether oxygens (including phenoxy) is 1. The molecule has 0 saturated carbocycles. The topological polar surface area (TPSA) is 21.3 Å². The number of aryl methyl sites for hydroxylation is 1. The monoisotopic (exact) mass is 247 g/mol. The van der Waals surface area contributed by atoms with E-state index in [2.05, 4.69) is 37.4 Å². The average molecular weight is 247 g/mol. The number of hydrogen-bond donors (Lipinski definition) is 1. The van der Waals surface area contributed by atoms with Gasteiger partial charge in [0, 0.05) is 6.42 Å². The molecule has 0 radical (unpaired) electrons. The summed E-state index contributed by atoms with van der Waals surface area (Å²) >= 11 is 0. The van der Waals surface area contributed by atoms with Crippen molar-refractivity contribution >= 4 is 0 Å². The van der Waals surface area contributed by atoms with E-state index in [1.807, 2.05) is 7.05 Å². The van der Waals surface area contributed by atoms with Crippen LogP contribution in [0.3, 0.4) is 0 Å². The average Bonchev–Trinajstić information content (AvgIpc) is 2.71. The second kappa shape index (κ2) is 6.24. The molecule has 0 amide bonds. The lowest BCUT2D eigenvalue weighted by Crippen LogP contribution is -2.25. The zero-order chi connectivity index (χ0) is 13.0. The Bertz CT molecular complexity index is 383. The first-order valence-electron chi connectivity index (χ1n) is 7.13. The Labute approximate surface area is 111 Å². The van der Waals surface area contributed by atoms with Gasteiger partial charge < -0.3 is 10.1 Å². The highest BCUT2D eigenvalue weighted by atomic mass is 16.5. The predicted molar refractivity (Wildman–Crippen MR) is 76.2 cm³/mol. The van der Waals surface area contributed by atoms with Gasteiger partial charge >= 0.3 is 0 Å². The molecule has 1 aromatic rings. The van der Waals surface area contributed by atoms with E-state index >= 15 is 0 Å². The fourth-order valence-electron chi connectivity index (χ4n) is 2.95. The summed E-state index contributed by atoms with van der Waals surface area (Å²) in [5.41, 5.74) is 2.72. The van der Waals surface area contributed by atoms with E-state index in [1.165, 1.54) is 30.4 Å². The minimum Gasteiger partial charge on any atom is -0.490 e. The van der Waals surface area contributed by atoms with Gasteiger partial charge in [-0.15, -0.1) is 0 Å². The van der Waals surface area contributed by atoms with Crippen LogP contribution in [0.15, 0.2) is 18.2 Å². The number of hydrogen-bond acceptors (Lipinski definition) is 2. The molecule has 2 heteroatoms. The third-order valence-corrected chi connectivity index (χ3v) is 3.74. The fourth-order valence-corrected chi connectivity index (χ4v) is 2.95. The van der Waals surface area contributed by atoms with Crippen LogP contribution >= 0.6 is 0 Å². The van der Waals surface area contributed by atoms with Crippen molar-refractivity contribution in [2.75, 3.05) is 13.6 Å². The van der Waals surface area contributed by atoms with Gasteiger partial charge in [0.05, 0.1) is 0 Å². The fraction of sp³-hybridized carbons (Fsp3) is 0.625. The lowest BCUT2D eigenvalue weighted by molar-refractivity contribution is 0.188. The molecule has 1 aliphatic rings. The Morgan fingerprint density at radius 3 is 3.00 bits per heavy atom. The Morgan fingerprint density at radius 1 is 1.44 bits per heavy atom. The Morgan fingerprint density at radius 2 is 2.28 bits per heavy atom. The summed E-state index contributed by atoms with van der Waals surface area (Å²) in [7, 11) is 2.04. The second-order valence-electron chi connectivity index (χ2n) is 5.50. The molecule has 2 unspecified atom stereocenters. The largest absolute Gasteiger partial charge is 0.490 e. The van der Waals surface area contributed by atoms with Gasteiger partial charge in [0.15, 0.2) is 0 Å². The first-order chi connectivity index (χ1) is 8.72. The van der Waals surface area contributed by atoms with Crippen molar-refractivity contribution in [2.45, 2.75) is 45.6 Å². The van der Waals surface area contributed by atoms with Crippen LogP contribution in [0.5, 0.6) is 5.75 Å². The Balaban J connectivity index is 1.93. The van der Waals surface area contributed by atoms with Crippen molar-refractivity contribution < 1.29 is 4.74 Å². The molecule has 1 heterocycles. The van der Waals surface area contributed by atoms with Gasteiger partial charge in [0.2, 0.25) is 0 Å². The quantitative estimate of drug-likeness (QED) is 0.832. The second-order valence-corrected chi connectivity index (χ2v) is 5.50. The molecule has 0 aliphatic carbocycles. The van der Waals surface area contributed by atoms with Gasteiger partial charge in [0.25, 0.3) is 0 Å². The molecular weight excluding hydrogens is 222 g/mol. The highest BCUT2D eigenvalue weighted by Gasteiger charge is 2.25. The van der Waals surface area contributed by atoms with Crippen LogP contribution in [0.2, 0.25) is 0 Å². The first kappa shape index (κ1) is 13.4. The molecule has 1 N–H and O–H groups in total. The minimum atomic E-state index is 0.381. The van der Waals surface area contributed by atoms with Gasteiger partial charge in [-0.2, -0.15) is 0 Å². The zero-order valence-electron chi connectivity index (χ0n) is 11.8. The molecule has 0 bridgehead atoms. The standard InChI is InChI=1S/C16H25NO/c1-4-5-13(11-17-3)9-15-10-14-8-12(2)6-7-16(14)18-15/h6-8,13,15,17H,4-5,9-11H2,1-3H3. The molecule has 18 heavy (non-hydrogen) atoms. The number of nitrogens with one attached hydrogen (secondary N) is 1. The van der Waals surface area contributed by atoms with Gasteiger partial charge in [-0.25, -0.2) is 0 Å². The van der Waals surface area contributed by atoms with Crippen LogP contribution in [0.4, 0.5) is 0 Å². The van der Waals surface area contributed by atoms with Gasteiger partial charge in [0.1, 0.15) is 11.9 Å². The predicted octanol–water partition coefficient (Wildman–Crippen LogP) is 3.32. The summed E-state index contributed by atoms with van der Waals surface area (Å²) in [6, 6.07) is 6.53. The smallest absolute Gasteiger partial charge is 0.123 e. The van der Waals surface area contributed by atoms with E-state index in [0.717, 1.165) is 24.6 Å². The van der Waals surface area contributed by atoms with Crippen LogP contribution in [-0.4, -0.2) is 19.7 Å². The third-order valence-electron chi connectivity index (χ3n) is 3.74. The SMILES string of the molecule is CCCC(CNC)CC1Cc2cc(C)ccc2O1. The molecule has 1 aliphatic heterocycles. The summed E-state index contributed by atoms with van der Waals surface area (Å²) in [6.45, 7) is 5.51. The molecule has 0 aromatic heterocycles. The van der Waals surface area contributed by atoms with Crippen LogP contribution in [-0.2, 0) is 6.42 Å². The highest BCUT2D eigenvalue weighted by Crippen LogP contribution is 2.32. The van der Waals surface area contributed by atoms with Crippen molar-refractivity contribution in [1.82, 2.24) is 5.32 Å². The van der Waals surface area contributed by atoms with Crippen molar-refractivity contribution in [1.29, 1.82) is 0 Å². The van der Waals surface area contributed by atoms with Crippen LogP contribution < -0.4 is 10.1 Å². The van der Waals surface area contributed by atoms with Gasteiger partial charge in [-0.1, -0.05) is 31.0 Å². The normalized spacial score (nSPS) is 19.4. The van der Waals surface area contributed by atoms with Gasteiger partial charge in [-0.05, 0) is 50.9 Å². The van der Waals surface area contributed by atoms with Crippen LogP contribution in [0.25, 0.3) is 0 Å². The lowest BCUT2D eigenvalue weighted by Gasteiger charge is -2.19. The van der Waals surface area contributed by atoms with Crippen molar-refractivity contribution in [3.63, 3.8) is 0 Å².